The highest BCUT2D eigenvalue weighted by molar-refractivity contribution is 5.79. The molecule has 0 unspecified atom stereocenters. The lowest BCUT2D eigenvalue weighted by molar-refractivity contribution is 1.01. The van der Waals surface area contributed by atoms with Crippen LogP contribution < -0.4 is 4.90 Å². The molecule has 0 atom stereocenters. The molecular weight excluding hydrogens is 342 g/mol. The van der Waals surface area contributed by atoms with Crippen LogP contribution in [0.25, 0.3) is 11.3 Å². The zero-order valence-electron chi connectivity index (χ0n) is 16.4. The van der Waals surface area contributed by atoms with Crippen LogP contribution in [0.3, 0.4) is 0 Å². The van der Waals surface area contributed by atoms with Gasteiger partial charge in [-0.2, -0.15) is 0 Å². The quantitative estimate of drug-likeness (QED) is 0.411. The molecule has 0 aliphatic rings. The zero-order chi connectivity index (χ0) is 19.5. The van der Waals surface area contributed by atoms with Gasteiger partial charge in [0.05, 0.1) is 22.8 Å². The lowest BCUT2D eigenvalue weighted by Crippen LogP contribution is -2.10. The van der Waals surface area contributed by atoms with Crippen molar-refractivity contribution in [1.29, 1.82) is 0 Å². The van der Waals surface area contributed by atoms with Crippen LogP contribution in [-0.4, -0.2) is 9.97 Å². The number of nitrogens with zero attached hydrogens (tertiary/aromatic N) is 3. The minimum atomic E-state index is 0.936. The van der Waals surface area contributed by atoms with Gasteiger partial charge in [0.1, 0.15) is 0 Å². The van der Waals surface area contributed by atoms with Crippen molar-refractivity contribution in [1.82, 2.24) is 9.97 Å². The molecule has 0 bridgehead atoms. The molecule has 138 valence electrons. The molecule has 0 aliphatic carbocycles. The lowest BCUT2D eigenvalue weighted by Gasteiger charge is -2.26. The predicted molar refractivity (Wildman–Crippen MR) is 116 cm³/mol. The Morgan fingerprint density at radius 2 is 1.07 bits per heavy atom. The van der Waals surface area contributed by atoms with Crippen LogP contribution in [0.1, 0.15) is 17.1 Å². The Bertz CT molecular complexity index is 1050. The Hall–Kier alpha value is -3.46. The van der Waals surface area contributed by atoms with Crippen LogP contribution in [0.4, 0.5) is 17.1 Å². The van der Waals surface area contributed by atoms with Crippen molar-refractivity contribution in [2.24, 2.45) is 0 Å². The Morgan fingerprint density at radius 1 is 0.536 bits per heavy atom. The molecule has 0 N–H and O–H groups in total. The molecule has 0 saturated carbocycles. The molecule has 0 fully saturated rings. The number of hydrogen-bond acceptors (Lipinski definition) is 3. The first-order valence-corrected chi connectivity index (χ1v) is 9.46. The van der Waals surface area contributed by atoms with Crippen molar-refractivity contribution in [3.05, 3.63) is 102 Å². The van der Waals surface area contributed by atoms with E-state index >= 15 is 0 Å². The molecule has 0 radical (unpaired) electrons. The summed E-state index contributed by atoms with van der Waals surface area (Å²) in [5.74, 6) is 0. The first kappa shape index (κ1) is 17.9. The number of aromatic nitrogens is 2. The van der Waals surface area contributed by atoms with Crippen molar-refractivity contribution in [3.63, 3.8) is 0 Å². The van der Waals surface area contributed by atoms with E-state index in [2.05, 4.69) is 82.7 Å². The van der Waals surface area contributed by atoms with Crippen LogP contribution in [0.2, 0.25) is 0 Å². The van der Waals surface area contributed by atoms with Crippen molar-refractivity contribution in [3.8, 4) is 11.3 Å². The third kappa shape index (κ3) is 3.52. The highest BCUT2D eigenvalue weighted by atomic mass is 15.1. The van der Waals surface area contributed by atoms with Gasteiger partial charge in [0.15, 0.2) is 0 Å². The van der Waals surface area contributed by atoms with Gasteiger partial charge in [-0.25, -0.2) is 4.98 Å². The van der Waals surface area contributed by atoms with Gasteiger partial charge in [0.2, 0.25) is 0 Å². The number of benzene rings is 3. The fraction of sp³-hybridized carbons (Fsp3) is 0.120. The van der Waals surface area contributed by atoms with Gasteiger partial charge < -0.3 is 4.90 Å². The molecule has 1 heterocycles. The van der Waals surface area contributed by atoms with E-state index in [0.29, 0.717) is 0 Å². The fourth-order valence-corrected chi connectivity index (χ4v) is 3.38. The Morgan fingerprint density at radius 3 is 1.68 bits per heavy atom. The highest BCUT2D eigenvalue weighted by Crippen LogP contribution is 2.36. The minimum Gasteiger partial charge on any atom is -0.310 e. The van der Waals surface area contributed by atoms with E-state index in [1.54, 1.807) is 0 Å². The smallest absolute Gasteiger partial charge is 0.0918 e. The molecular formula is C25H23N3. The van der Waals surface area contributed by atoms with E-state index < -0.39 is 0 Å². The van der Waals surface area contributed by atoms with Gasteiger partial charge in [0.25, 0.3) is 0 Å². The molecule has 3 aromatic carbocycles. The maximum Gasteiger partial charge on any atom is 0.0918 e. The SMILES string of the molecule is Cc1nc(C)c(-c2cccc(N(c3ccccc3)c3ccccc3)c2)nc1C. The molecule has 0 spiro atoms. The standard InChI is InChI=1S/C25H23N3/c1-18-19(2)27-25(20(3)26-18)21-11-10-16-24(17-21)28(22-12-6-4-7-13-22)23-14-8-5-9-15-23/h4-17H,1-3H3. The maximum atomic E-state index is 4.81. The van der Waals surface area contributed by atoms with E-state index in [1.165, 1.54) is 0 Å². The van der Waals surface area contributed by atoms with Gasteiger partial charge >= 0.3 is 0 Å². The summed E-state index contributed by atoms with van der Waals surface area (Å²) in [4.78, 5) is 11.7. The van der Waals surface area contributed by atoms with Crippen molar-refractivity contribution < 1.29 is 0 Å². The van der Waals surface area contributed by atoms with E-state index in [4.69, 9.17) is 4.98 Å². The second-order valence-corrected chi connectivity index (χ2v) is 6.89. The van der Waals surface area contributed by atoms with E-state index in [-0.39, 0.29) is 0 Å². The summed E-state index contributed by atoms with van der Waals surface area (Å²) in [5, 5.41) is 0. The minimum absolute atomic E-state index is 0.936. The summed E-state index contributed by atoms with van der Waals surface area (Å²) in [6.07, 6.45) is 0. The van der Waals surface area contributed by atoms with Crippen molar-refractivity contribution >= 4 is 17.1 Å². The van der Waals surface area contributed by atoms with Crippen LogP contribution in [0.5, 0.6) is 0 Å². The first-order chi connectivity index (χ1) is 13.6. The zero-order valence-corrected chi connectivity index (χ0v) is 16.4. The lowest BCUT2D eigenvalue weighted by atomic mass is 10.1. The van der Waals surface area contributed by atoms with Crippen LogP contribution in [0, 0.1) is 20.8 Å². The summed E-state index contributed by atoms with van der Waals surface area (Å²) < 4.78 is 0. The summed E-state index contributed by atoms with van der Waals surface area (Å²) in [6, 6.07) is 29.3. The van der Waals surface area contributed by atoms with E-state index in [1.807, 2.05) is 32.9 Å². The molecule has 0 saturated heterocycles. The van der Waals surface area contributed by atoms with Crippen LogP contribution >= 0.6 is 0 Å². The van der Waals surface area contributed by atoms with E-state index in [0.717, 1.165) is 45.4 Å². The molecule has 28 heavy (non-hydrogen) atoms. The third-order valence-electron chi connectivity index (χ3n) is 4.89. The largest absolute Gasteiger partial charge is 0.310 e. The Balaban J connectivity index is 1.85. The summed E-state index contributed by atoms with van der Waals surface area (Å²) in [6.45, 7) is 6.03. The van der Waals surface area contributed by atoms with Gasteiger partial charge in [-0.15, -0.1) is 0 Å². The number of aryl methyl sites for hydroxylation is 3. The monoisotopic (exact) mass is 365 g/mol. The van der Waals surface area contributed by atoms with E-state index in [9.17, 15) is 0 Å². The molecule has 4 rings (SSSR count). The number of rotatable bonds is 4. The molecule has 0 aliphatic heterocycles. The number of hydrogen-bond donors (Lipinski definition) is 0. The third-order valence-corrected chi connectivity index (χ3v) is 4.89. The molecule has 0 amide bonds. The fourth-order valence-electron chi connectivity index (χ4n) is 3.38. The Labute approximate surface area is 166 Å². The normalized spacial score (nSPS) is 10.7. The predicted octanol–water partition coefficient (Wildman–Crippen LogP) is 6.54. The highest BCUT2D eigenvalue weighted by Gasteiger charge is 2.14. The average Bonchev–Trinajstić information content (AvgIpc) is 2.73. The second-order valence-electron chi connectivity index (χ2n) is 6.89. The first-order valence-electron chi connectivity index (χ1n) is 9.46. The topological polar surface area (TPSA) is 29.0 Å². The Kier molecular flexibility index (Phi) is 4.90. The van der Waals surface area contributed by atoms with Gasteiger partial charge in [-0.05, 0) is 57.2 Å². The van der Waals surface area contributed by atoms with Crippen molar-refractivity contribution in [2.45, 2.75) is 20.8 Å². The summed E-state index contributed by atoms with van der Waals surface area (Å²) in [5.41, 5.74) is 8.23. The molecule has 1 aromatic heterocycles. The molecule has 4 aromatic rings. The van der Waals surface area contributed by atoms with Gasteiger partial charge in [0, 0.05) is 22.6 Å². The second kappa shape index (κ2) is 7.65. The summed E-state index contributed by atoms with van der Waals surface area (Å²) in [7, 11) is 0. The van der Waals surface area contributed by atoms with Crippen LogP contribution in [0.15, 0.2) is 84.9 Å². The molecule has 3 heteroatoms. The number of anilines is 3. The van der Waals surface area contributed by atoms with Crippen molar-refractivity contribution in [2.75, 3.05) is 4.90 Å². The van der Waals surface area contributed by atoms with Gasteiger partial charge in [-0.3, -0.25) is 4.98 Å². The molecule has 3 nitrogen and oxygen atoms in total. The summed E-state index contributed by atoms with van der Waals surface area (Å²) >= 11 is 0. The average molecular weight is 365 g/mol. The number of para-hydroxylation sites is 2. The maximum absolute atomic E-state index is 4.81. The van der Waals surface area contributed by atoms with Gasteiger partial charge in [-0.1, -0.05) is 48.5 Å². The van der Waals surface area contributed by atoms with Crippen LogP contribution in [-0.2, 0) is 0 Å².